The molecule has 4 nitrogen and oxygen atoms in total. The summed E-state index contributed by atoms with van der Waals surface area (Å²) in [5, 5.41) is 10.8. The summed E-state index contributed by atoms with van der Waals surface area (Å²) in [5.74, 6) is 0.106. The quantitative estimate of drug-likeness (QED) is 0.271. The summed E-state index contributed by atoms with van der Waals surface area (Å²) in [5.41, 5.74) is 1.01. The first-order valence-corrected chi connectivity index (χ1v) is 7.37. The summed E-state index contributed by atoms with van der Waals surface area (Å²) in [7, 11) is 0. The van der Waals surface area contributed by atoms with E-state index in [1.165, 1.54) is 25.3 Å². The number of aldehydes is 1. The number of nitro benzene ring substituents is 1. The van der Waals surface area contributed by atoms with Crippen LogP contribution in [-0.2, 0) is 4.79 Å². The molecule has 1 aromatic rings. The Morgan fingerprint density at radius 3 is 2.65 bits per heavy atom. The van der Waals surface area contributed by atoms with E-state index in [1.807, 2.05) is 6.07 Å². The number of carbonyl (C=O) groups excluding carboxylic acids is 1. The van der Waals surface area contributed by atoms with Crippen LogP contribution in [0.5, 0.6) is 0 Å². The second-order valence-corrected chi connectivity index (χ2v) is 5.15. The van der Waals surface area contributed by atoms with Crippen molar-refractivity contribution in [2.75, 3.05) is 0 Å². The van der Waals surface area contributed by atoms with Gasteiger partial charge in [0.1, 0.15) is 6.29 Å². The van der Waals surface area contributed by atoms with E-state index in [0.29, 0.717) is 6.42 Å². The minimum Gasteiger partial charge on any atom is -0.303 e. The maximum Gasteiger partial charge on any atom is 0.269 e. The zero-order valence-electron chi connectivity index (χ0n) is 12.1. The fourth-order valence-electron chi connectivity index (χ4n) is 2.42. The molecule has 1 rings (SSSR count). The molecule has 0 saturated heterocycles. The monoisotopic (exact) mass is 277 g/mol. The van der Waals surface area contributed by atoms with Crippen molar-refractivity contribution in [3.63, 3.8) is 0 Å². The fraction of sp³-hybridized carbons (Fsp3) is 0.562. The average molecular weight is 277 g/mol. The molecule has 0 aliphatic heterocycles. The van der Waals surface area contributed by atoms with Crippen molar-refractivity contribution in [3.05, 3.63) is 39.9 Å². The van der Waals surface area contributed by atoms with Gasteiger partial charge in [0.25, 0.3) is 5.69 Å². The molecule has 0 heterocycles. The molecule has 20 heavy (non-hydrogen) atoms. The molecule has 0 radical (unpaired) electrons. The van der Waals surface area contributed by atoms with Crippen LogP contribution in [-0.4, -0.2) is 11.2 Å². The lowest BCUT2D eigenvalue weighted by Gasteiger charge is -2.14. The van der Waals surface area contributed by atoms with Crippen molar-refractivity contribution in [3.8, 4) is 0 Å². The molecule has 0 N–H and O–H groups in total. The topological polar surface area (TPSA) is 60.2 Å². The lowest BCUT2D eigenvalue weighted by Crippen LogP contribution is -2.01. The van der Waals surface area contributed by atoms with Crippen molar-refractivity contribution in [1.82, 2.24) is 0 Å². The normalized spacial score (nSPS) is 12.1. The highest BCUT2D eigenvalue weighted by Crippen LogP contribution is 2.28. The predicted octanol–water partition coefficient (Wildman–Crippen LogP) is 4.63. The van der Waals surface area contributed by atoms with Crippen LogP contribution in [0.1, 0.15) is 63.4 Å². The minimum atomic E-state index is -0.386. The highest BCUT2D eigenvalue weighted by molar-refractivity contribution is 5.52. The summed E-state index contributed by atoms with van der Waals surface area (Å²) in [6.45, 7) is 2.18. The summed E-state index contributed by atoms with van der Waals surface area (Å²) < 4.78 is 0. The third-order valence-electron chi connectivity index (χ3n) is 3.59. The lowest BCUT2D eigenvalue weighted by atomic mass is 9.90. The van der Waals surface area contributed by atoms with Gasteiger partial charge >= 0.3 is 0 Å². The zero-order chi connectivity index (χ0) is 14.8. The fourth-order valence-corrected chi connectivity index (χ4v) is 2.42. The highest BCUT2D eigenvalue weighted by atomic mass is 16.6. The Morgan fingerprint density at radius 2 is 2.00 bits per heavy atom. The molecule has 0 aliphatic rings. The highest BCUT2D eigenvalue weighted by Gasteiger charge is 2.14. The molecule has 0 amide bonds. The van der Waals surface area contributed by atoms with Crippen molar-refractivity contribution in [2.24, 2.45) is 0 Å². The standard InChI is InChI=1S/C16H23NO3/c1-2-3-4-5-6-8-14(11-12-18)15-9-7-10-16(13-15)17(19)20/h7,9-10,12-14H,2-6,8,11H2,1H3. The van der Waals surface area contributed by atoms with Gasteiger partial charge in [-0.1, -0.05) is 51.2 Å². The number of hydrogen-bond acceptors (Lipinski definition) is 3. The molecule has 0 bridgehead atoms. The number of rotatable bonds is 10. The second kappa shape index (κ2) is 9.23. The molecule has 1 atom stereocenters. The van der Waals surface area contributed by atoms with Gasteiger partial charge < -0.3 is 4.79 Å². The molecular weight excluding hydrogens is 254 g/mol. The summed E-state index contributed by atoms with van der Waals surface area (Å²) in [6.07, 6.45) is 8.19. The average Bonchev–Trinajstić information content (AvgIpc) is 2.46. The van der Waals surface area contributed by atoms with Gasteiger partial charge in [0.15, 0.2) is 0 Å². The van der Waals surface area contributed by atoms with Crippen molar-refractivity contribution >= 4 is 12.0 Å². The summed E-state index contributed by atoms with van der Waals surface area (Å²) in [6, 6.07) is 6.67. The molecular formula is C16H23NO3. The number of unbranched alkanes of at least 4 members (excludes halogenated alkanes) is 4. The molecule has 0 fully saturated rings. The van der Waals surface area contributed by atoms with Crippen molar-refractivity contribution < 1.29 is 9.72 Å². The van der Waals surface area contributed by atoms with Gasteiger partial charge in [-0.05, 0) is 17.9 Å². The zero-order valence-corrected chi connectivity index (χ0v) is 12.1. The molecule has 1 unspecified atom stereocenters. The number of hydrogen-bond donors (Lipinski definition) is 0. The molecule has 0 aromatic heterocycles. The minimum absolute atomic E-state index is 0.101. The predicted molar refractivity (Wildman–Crippen MR) is 79.9 cm³/mol. The lowest BCUT2D eigenvalue weighted by molar-refractivity contribution is -0.384. The Morgan fingerprint density at radius 1 is 1.25 bits per heavy atom. The van der Waals surface area contributed by atoms with E-state index in [0.717, 1.165) is 31.1 Å². The number of carbonyl (C=O) groups is 1. The van der Waals surface area contributed by atoms with Crippen LogP contribution < -0.4 is 0 Å². The van der Waals surface area contributed by atoms with Gasteiger partial charge in [-0.2, -0.15) is 0 Å². The summed E-state index contributed by atoms with van der Waals surface area (Å²) >= 11 is 0. The van der Waals surface area contributed by atoms with E-state index in [9.17, 15) is 14.9 Å². The van der Waals surface area contributed by atoms with Crippen LogP contribution >= 0.6 is 0 Å². The van der Waals surface area contributed by atoms with Crippen LogP contribution in [0.3, 0.4) is 0 Å². The maximum atomic E-state index is 10.8. The van der Waals surface area contributed by atoms with E-state index in [-0.39, 0.29) is 16.5 Å². The number of nitrogens with zero attached hydrogens (tertiary/aromatic N) is 1. The largest absolute Gasteiger partial charge is 0.303 e. The Bertz CT molecular complexity index is 431. The molecule has 110 valence electrons. The smallest absolute Gasteiger partial charge is 0.269 e. The number of non-ortho nitro benzene ring substituents is 1. The van der Waals surface area contributed by atoms with Gasteiger partial charge in [-0.15, -0.1) is 0 Å². The Labute approximate surface area is 120 Å². The Kier molecular flexibility index (Phi) is 7.55. The van der Waals surface area contributed by atoms with Gasteiger partial charge in [0.2, 0.25) is 0 Å². The van der Waals surface area contributed by atoms with Crippen LogP contribution in [0.25, 0.3) is 0 Å². The maximum absolute atomic E-state index is 10.8. The van der Waals surface area contributed by atoms with Crippen molar-refractivity contribution in [1.29, 1.82) is 0 Å². The van der Waals surface area contributed by atoms with E-state index >= 15 is 0 Å². The van der Waals surface area contributed by atoms with Crippen molar-refractivity contribution in [2.45, 2.75) is 57.8 Å². The van der Waals surface area contributed by atoms with E-state index in [1.54, 1.807) is 12.1 Å². The molecule has 4 heteroatoms. The molecule has 0 spiro atoms. The first-order valence-electron chi connectivity index (χ1n) is 7.37. The number of benzene rings is 1. The van der Waals surface area contributed by atoms with Crippen LogP contribution in [0.4, 0.5) is 5.69 Å². The number of nitro groups is 1. The molecule has 0 saturated carbocycles. The molecule has 0 aliphatic carbocycles. The first-order chi connectivity index (χ1) is 9.69. The van der Waals surface area contributed by atoms with Crippen LogP contribution in [0, 0.1) is 10.1 Å². The first kappa shape index (κ1) is 16.3. The van der Waals surface area contributed by atoms with E-state index in [4.69, 9.17) is 0 Å². The third kappa shape index (κ3) is 5.51. The SMILES string of the molecule is CCCCCCCC(CC=O)c1cccc([N+](=O)[O-])c1. The Hall–Kier alpha value is -1.71. The van der Waals surface area contributed by atoms with Crippen LogP contribution in [0.15, 0.2) is 24.3 Å². The van der Waals surface area contributed by atoms with Gasteiger partial charge in [0, 0.05) is 18.6 Å². The van der Waals surface area contributed by atoms with E-state index in [2.05, 4.69) is 6.92 Å². The third-order valence-corrected chi connectivity index (χ3v) is 3.59. The van der Waals surface area contributed by atoms with Gasteiger partial charge in [-0.3, -0.25) is 10.1 Å². The van der Waals surface area contributed by atoms with Gasteiger partial charge in [-0.25, -0.2) is 0 Å². The molecule has 1 aromatic carbocycles. The summed E-state index contributed by atoms with van der Waals surface area (Å²) in [4.78, 5) is 21.2. The van der Waals surface area contributed by atoms with E-state index < -0.39 is 0 Å². The Balaban J connectivity index is 2.62. The second-order valence-electron chi connectivity index (χ2n) is 5.15. The van der Waals surface area contributed by atoms with Crippen LogP contribution in [0.2, 0.25) is 0 Å². The van der Waals surface area contributed by atoms with Gasteiger partial charge in [0.05, 0.1) is 4.92 Å².